The molecule has 0 bridgehead atoms. The summed E-state index contributed by atoms with van der Waals surface area (Å²) in [7, 11) is 0. The molecule has 8 heteroatoms. The lowest BCUT2D eigenvalue weighted by atomic mass is 10.1. The molecule has 1 aliphatic rings. The summed E-state index contributed by atoms with van der Waals surface area (Å²) in [5, 5.41) is 3.01. The molecular weight excluding hydrogens is 499 g/mol. The molecule has 0 atom stereocenters. The monoisotopic (exact) mass is 520 g/mol. The molecule has 1 aliphatic heterocycles. The van der Waals surface area contributed by atoms with Crippen LogP contribution in [-0.4, -0.2) is 33.6 Å². The minimum Gasteiger partial charge on any atom is -0.296 e. The summed E-state index contributed by atoms with van der Waals surface area (Å²) in [6.45, 7) is 5.65. The molecule has 4 rings (SSSR count). The van der Waals surface area contributed by atoms with Gasteiger partial charge in [0.15, 0.2) is 5.69 Å². The molecule has 3 aromatic rings. The third kappa shape index (κ3) is 4.67. The van der Waals surface area contributed by atoms with Gasteiger partial charge in [0, 0.05) is 28.1 Å². The van der Waals surface area contributed by atoms with Crippen LogP contribution in [0.25, 0.3) is 17.1 Å². The van der Waals surface area contributed by atoms with E-state index in [0.29, 0.717) is 27.1 Å². The van der Waals surface area contributed by atoms with E-state index in [1.165, 1.54) is 6.42 Å². The van der Waals surface area contributed by atoms with Gasteiger partial charge in [0.25, 0.3) is 5.91 Å². The van der Waals surface area contributed by atoms with Gasteiger partial charge in [0.2, 0.25) is 0 Å². The lowest BCUT2D eigenvalue weighted by molar-refractivity contribution is 0.0744. The normalized spacial score (nSPS) is 14.6. The lowest BCUT2D eigenvalue weighted by Gasteiger charge is -2.26. The summed E-state index contributed by atoms with van der Waals surface area (Å²) in [4.78, 5) is 17.9. The van der Waals surface area contributed by atoms with Crippen LogP contribution in [-0.2, 0) is 0 Å². The second-order valence-electron chi connectivity index (χ2n) is 7.75. The molecule has 5 nitrogen and oxygen atoms in total. The maximum atomic E-state index is 13.1. The zero-order valence-electron chi connectivity index (χ0n) is 17.4. The fourth-order valence-corrected chi connectivity index (χ4v) is 4.90. The minimum atomic E-state index is -0.209. The number of carbonyl (C=O) groups is 1. The molecule has 162 valence electrons. The van der Waals surface area contributed by atoms with E-state index in [0.717, 1.165) is 47.3 Å². The van der Waals surface area contributed by atoms with Crippen LogP contribution in [0.2, 0.25) is 10.0 Å². The van der Waals surface area contributed by atoms with Gasteiger partial charge in [-0.2, -0.15) is 0 Å². The van der Waals surface area contributed by atoms with Crippen LogP contribution in [0.1, 0.15) is 41.0 Å². The number of carbonyl (C=O) groups excluding carboxylic acids is 1. The Morgan fingerprint density at radius 2 is 1.81 bits per heavy atom. The zero-order chi connectivity index (χ0) is 22.1. The number of amides is 1. The highest BCUT2D eigenvalue weighted by Crippen LogP contribution is 2.34. The van der Waals surface area contributed by atoms with Crippen LogP contribution in [0.15, 0.2) is 40.9 Å². The molecule has 1 N–H and O–H groups in total. The van der Waals surface area contributed by atoms with Crippen molar-refractivity contribution >= 4 is 45.0 Å². The highest BCUT2D eigenvalue weighted by atomic mass is 79.9. The van der Waals surface area contributed by atoms with Crippen LogP contribution in [0, 0.1) is 13.8 Å². The van der Waals surface area contributed by atoms with Crippen molar-refractivity contribution in [1.29, 1.82) is 0 Å². The van der Waals surface area contributed by atoms with Crippen molar-refractivity contribution in [1.82, 2.24) is 20.0 Å². The number of rotatable bonds is 4. The van der Waals surface area contributed by atoms with E-state index in [1.54, 1.807) is 12.1 Å². The number of aromatic nitrogens is 2. The molecule has 0 saturated carbocycles. The summed E-state index contributed by atoms with van der Waals surface area (Å²) in [6, 6.07) is 11.3. The molecule has 1 amide bonds. The Morgan fingerprint density at radius 3 is 2.48 bits per heavy atom. The van der Waals surface area contributed by atoms with E-state index in [9.17, 15) is 4.79 Å². The number of nitrogens with one attached hydrogen (secondary N) is 1. The van der Waals surface area contributed by atoms with Gasteiger partial charge in [-0.3, -0.25) is 14.8 Å². The number of aryl methyl sites for hydroxylation is 1. The number of piperidine rings is 1. The van der Waals surface area contributed by atoms with Crippen LogP contribution in [0.5, 0.6) is 0 Å². The highest BCUT2D eigenvalue weighted by molar-refractivity contribution is 9.10. The number of hydrazine groups is 1. The molecule has 0 spiro atoms. The second kappa shape index (κ2) is 9.33. The van der Waals surface area contributed by atoms with E-state index in [1.807, 2.05) is 47.7 Å². The SMILES string of the molecule is Cc1cc(Br)ccc1-n1c(-c2ccc(Cl)cc2Cl)nc(C(=O)NN2CCCCC2)c1C. The Balaban J connectivity index is 1.84. The number of imidazole rings is 1. The van der Waals surface area contributed by atoms with Crippen molar-refractivity contribution < 1.29 is 4.79 Å². The zero-order valence-corrected chi connectivity index (χ0v) is 20.5. The highest BCUT2D eigenvalue weighted by Gasteiger charge is 2.25. The second-order valence-corrected chi connectivity index (χ2v) is 9.51. The summed E-state index contributed by atoms with van der Waals surface area (Å²) >= 11 is 16.2. The number of hydrogen-bond donors (Lipinski definition) is 1. The molecule has 1 aromatic heterocycles. The molecular formula is C23H23BrCl2N4O. The van der Waals surface area contributed by atoms with Crippen molar-refractivity contribution in [3.8, 4) is 17.1 Å². The van der Waals surface area contributed by atoms with E-state index in [-0.39, 0.29) is 5.91 Å². The third-order valence-corrected chi connectivity index (χ3v) is 6.55. The van der Waals surface area contributed by atoms with Crippen LogP contribution >= 0.6 is 39.1 Å². The van der Waals surface area contributed by atoms with Crippen molar-refractivity contribution in [2.24, 2.45) is 0 Å². The Bertz CT molecular complexity index is 1140. The predicted molar refractivity (Wildman–Crippen MR) is 129 cm³/mol. The molecule has 2 heterocycles. The van der Waals surface area contributed by atoms with E-state index >= 15 is 0 Å². The topological polar surface area (TPSA) is 50.2 Å². The van der Waals surface area contributed by atoms with Gasteiger partial charge in [0.1, 0.15) is 5.82 Å². The van der Waals surface area contributed by atoms with Gasteiger partial charge < -0.3 is 0 Å². The molecule has 1 saturated heterocycles. The standard InChI is InChI=1S/C23H23BrCl2N4O/c1-14-12-16(24)6-9-20(14)30-15(2)21(23(31)28-29-10-4-3-5-11-29)27-22(30)18-8-7-17(25)13-19(18)26/h6-9,12-13H,3-5,10-11H2,1-2H3,(H,28,31). The Labute approximate surface area is 200 Å². The first-order chi connectivity index (χ1) is 14.8. The van der Waals surface area contributed by atoms with Gasteiger partial charge in [-0.25, -0.2) is 9.99 Å². The molecule has 31 heavy (non-hydrogen) atoms. The van der Waals surface area contributed by atoms with Crippen molar-refractivity contribution in [3.63, 3.8) is 0 Å². The van der Waals surface area contributed by atoms with Crippen LogP contribution in [0.3, 0.4) is 0 Å². The molecule has 0 radical (unpaired) electrons. The molecule has 1 fully saturated rings. The van der Waals surface area contributed by atoms with Gasteiger partial charge in [-0.15, -0.1) is 0 Å². The largest absolute Gasteiger partial charge is 0.296 e. The first-order valence-electron chi connectivity index (χ1n) is 10.2. The lowest BCUT2D eigenvalue weighted by Crippen LogP contribution is -2.45. The van der Waals surface area contributed by atoms with Gasteiger partial charge in [-0.1, -0.05) is 45.6 Å². The predicted octanol–water partition coefficient (Wildman–Crippen LogP) is 6.36. The number of benzene rings is 2. The van der Waals surface area contributed by atoms with E-state index in [2.05, 4.69) is 21.4 Å². The maximum absolute atomic E-state index is 13.1. The first kappa shape index (κ1) is 22.3. The Morgan fingerprint density at radius 1 is 1.06 bits per heavy atom. The first-order valence-corrected chi connectivity index (χ1v) is 11.8. The fraction of sp³-hybridized carbons (Fsp3) is 0.304. The van der Waals surface area contributed by atoms with Crippen LogP contribution < -0.4 is 5.43 Å². The fourth-order valence-electron chi connectivity index (χ4n) is 3.93. The Kier molecular flexibility index (Phi) is 6.72. The third-order valence-electron chi connectivity index (χ3n) is 5.51. The van der Waals surface area contributed by atoms with Crippen LogP contribution in [0.4, 0.5) is 0 Å². The number of hydrogen-bond acceptors (Lipinski definition) is 3. The molecule has 0 aliphatic carbocycles. The average molecular weight is 522 g/mol. The number of halogens is 3. The summed E-state index contributed by atoms with van der Waals surface area (Å²) < 4.78 is 2.97. The summed E-state index contributed by atoms with van der Waals surface area (Å²) in [5.74, 6) is 0.396. The van der Waals surface area contributed by atoms with Crippen molar-refractivity contribution in [3.05, 3.63) is 67.9 Å². The minimum absolute atomic E-state index is 0.209. The van der Waals surface area contributed by atoms with Gasteiger partial charge >= 0.3 is 0 Å². The smallest absolute Gasteiger partial charge is 0.286 e. The van der Waals surface area contributed by atoms with Crippen molar-refractivity contribution in [2.45, 2.75) is 33.1 Å². The number of nitrogens with zero attached hydrogens (tertiary/aromatic N) is 3. The maximum Gasteiger partial charge on any atom is 0.286 e. The quantitative estimate of drug-likeness (QED) is 0.434. The average Bonchev–Trinajstić information content (AvgIpc) is 3.06. The van der Waals surface area contributed by atoms with E-state index < -0.39 is 0 Å². The van der Waals surface area contributed by atoms with Gasteiger partial charge in [-0.05, 0) is 68.7 Å². The Hall–Kier alpha value is -1.86. The summed E-state index contributed by atoms with van der Waals surface area (Å²) in [5.41, 5.74) is 6.86. The van der Waals surface area contributed by atoms with Gasteiger partial charge in [0.05, 0.1) is 16.4 Å². The molecule has 2 aromatic carbocycles. The summed E-state index contributed by atoms with van der Waals surface area (Å²) in [6.07, 6.45) is 3.36. The van der Waals surface area contributed by atoms with E-state index in [4.69, 9.17) is 28.2 Å². The molecule has 0 unspecified atom stereocenters. The van der Waals surface area contributed by atoms with Crippen molar-refractivity contribution in [2.75, 3.05) is 13.1 Å².